The third-order valence-electron chi connectivity index (χ3n) is 4.49. The van der Waals surface area contributed by atoms with Crippen molar-refractivity contribution in [3.05, 3.63) is 88.9 Å². The fourth-order valence-electron chi connectivity index (χ4n) is 2.88. The van der Waals surface area contributed by atoms with Crippen LogP contribution in [0.4, 0.5) is 5.69 Å². The Balaban J connectivity index is 1.87. The van der Waals surface area contributed by atoms with Gasteiger partial charge in [0.25, 0.3) is 5.91 Å². The molecule has 156 valence electrons. The fraction of sp³-hybridized carbons (Fsp3) is 0.136. The molecular formula is C22H21ClN2O4S. The van der Waals surface area contributed by atoms with Crippen molar-refractivity contribution in [3.8, 4) is 5.75 Å². The van der Waals surface area contributed by atoms with E-state index in [9.17, 15) is 13.2 Å². The number of amides is 1. The maximum absolute atomic E-state index is 13.0. The Hall–Kier alpha value is -2.87. The molecule has 3 rings (SSSR count). The molecule has 1 N–H and O–H groups in total. The standard InChI is InChI=1S/C22H21ClN2O4S/c1-25(15-16-8-4-3-5-9-16)30(27,28)17-12-13-19(23)18(14-17)22(26)24-20-10-6-7-11-21(20)29-2/h3-14H,15H2,1-2H3,(H,24,26). The van der Waals surface area contributed by atoms with Crippen LogP contribution >= 0.6 is 11.6 Å². The normalized spacial score (nSPS) is 11.3. The number of ether oxygens (including phenoxy) is 1. The Bertz CT molecular complexity index is 1150. The lowest BCUT2D eigenvalue weighted by atomic mass is 10.2. The summed E-state index contributed by atoms with van der Waals surface area (Å²) in [5.74, 6) is -0.0550. The SMILES string of the molecule is COc1ccccc1NC(=O)c1cc(S(=O)(=O)N(C)Cc2ccccc2)ccc1Cl. The number of anilines is 1. The molecule has 0 aromatic heterocycles. The van der Waals surface area contributed by atoms with Crippen LogP contribution in [0.5, 0.6) is 5.75 Å². The highest BCUT2D eigenvalue weighted by Crippen LogP contribution is 2.27. The number of carbonyl (C=O) groups is 1. The van der Waals surface area contributed by atoms with Gasteiger partial charge in [0.2, 0.25) is 10.0 Å². The molecule has 0 bridgehead atoms. The molecule has 0 aliphatic rings. The van der Waals surface area contributed by atoms with E-state index >= 15 is 0 Å². The van der Waals surface area contributed by atoms with Crippen molar-refractivity contribution in [3.63, 3.8) is 0 Å². The number of hydrogen-bond donors (Lipinski definition) is 1. The second-order valence-corrected chi connectivity index (χ2v) is 8.99. The lowest BCUT2D eigenvalue weighted by Gasteiger charge is -2.18. The maximum atomic E-state index is 13.0. The van der Waals surface area contributed by atoms with Gasteiger partial charge in [-0.25, -0.2) is 8.42 Å². The van der Waals surface area contributed by atoms with Crippen molar-refractivity contribution in [2.75, 3.05) is 19.5 Å². The second kappa shape index (κ2) is 9.30. The zero-order chi connectivity index (χ0) is 21.7. The number of hydrogen-bond acceptors (Lipinski definition) is 4. The molecule has 3 aromatic carbocycles. The quantitative estimate of drug-likeness (QED) is 0.585. The Morgan fingerprint density at radius 3 is 2.40 bits per heavy atom. The van der Waals surface area contributed by atoms with Crippen molar-refractivity contribution in [2.24, 2.45) is 0 Å². The largest absolute Gasteiger partial charge is 0.495 e. The van der Waals surface area contributed by atoms with Crippen LogP contribution in [-0.4, -0.2) is 32.8 Å². The van der Waals surface area contributed by atoms with Gasteiger partial charge in [-0.05, 0) is 35.9 Å². The molecule has 8 heteroatoms. The summed E-state index contributed by atoms with van der Waals surface area (Å²) in [6.45, 7) is 0.203. The van der Waals surface area contributed by atoms with Crippen molar-refractivity contribution in [2.45, 2.75) is 11.4 Å². The van der Waals surface area contributed by atoms with E-state index in [1.54, 1.807) is 24.3 Å². The van der Waals surface area contributed by atoms with Gasteiger partial charge in [0.1, 0.15) is 5.75 Å². The van der Waals surface area contributed by atoms with Gasteiger partial charge in [0, 0.05) is 13.6 Å². The van der Waals surface area contributed by atoms with Gasteiger partial charge in [-0.15, -0.1) is 0 Å². The van der Waals surface area contributed by atoms with Gasteiger partial charge < -0.3 is 10.1 Å². The zero-order valence-electron chi connectivity index (χ0n) is 16.5. The average Bonchev–Trinajstić information content (AvgIpc) is 2.75. The number of para-hydroxylation sites is 2. The molecule has 0 heterocycles. The van der Waals surface area contributed by atoms with Gasteiger partial charge >= 0.3 is 0 Å². The lowest BCUT2D eigenvalue weighted by Crippen LogP contribution is -2.27. The number of benzene rings is 3. The number of sulfonamides is 1. The van der Waals surface area contributed by atoms with E-state index in [0.29, 0.717) is 11.4 Å². The second-order valence-electron chi connectivity index (χ2n) is 6.54. The summed E-state index contributed by atoms with van der Waals surface area (Å²) >= 11 is 6.19. The number of methoxy groups -OCH3 is 1. The zero-order valence-corrected chi connectivity index (χ0v) is 18.1. The highest BCUT2D eigenvalue weighted by Gasteiger charge is 2.24. The van der Waals surface area contributed by atoms with Gasteiger partial charge in [-0.1, -0.05) is 54.1 Å². The summed E-state index contributed by atoms with van der Waals surface area (Å²) in [5, 5.41) is 2.85. The Morgan fingerprint density at radius 2 is 1.70 bits per heavy atom. The molecule has 0 radical (unpaired) electrons. The first-order valence-electron chi connectivity index (χ1n) is 9.07. The smallest absolute Gasteiger partial charge is 0.257 e. The number of nitrogens with one attached hydrogen (secondary N) is 1. The van der Waals surface area contributed by atoms with E-state index in [1.807, 2.05) is 30.3 Å². The van der Waals surface area contributed by atoms with Gasteiger partial charge in [-0.2, -0.15) is 4.31 Å². The predicted octanol–water partition coefficient (Wildman–Crippen LogP) is 4.42. The van der Waals surface area contributed by atoms with Crippen molar-refractivity contribution < 1.29 is 17.9 Å². The first-order chi connectivity index (χ1) is 14.3. The van der Waals surface area contributed by atoms with Crippen molar-refractivity contribution >= 4 is 33.2 Å². The topological polar surface area (TPSA) is 75.7 Å². The molecule has 0 aliphatic carbocycles. The molecule has 0 saturated carbocycles. The van der Waals surface area contributed by atoms with E-state index in [4.69, 9.17) is 16.3 Å². The van der Waals surface area contributed by atoms with Gasteiger partial charge in [0.05, 0.1) is 28.3 Å². The summed E-state index contributed by atoms with van der Waals surface area (Å²) in [5.41, 5.74) is 1.36. The van der Waals surface area contributed by atoms with Crippen molar-refractivity contribution in [1.82, 2.24) is 4.31 Å². The van der Waals surface area contributed by atoms with E-state index in [-0.39, 0.29) is 22.0 Å². The molecule has 0 atom stereocenters. The molecule has 6 nitrogen and oxygen atoms in total. The first-order valence-corrected chi connectivity index (χ1v) is 10.9. The van der Waals surface area contributed by atoms with Crippen LogP contribution in [0, 0.1) is 0 Å². The van der Waals surface area contributed by atoms with Crippen LogP contribution in [0.1, 0.15) is 15.9 Å². The summed E-state index contributed by atoms with van der Waals surface area (Å²) < 4.78 is 32.5. The van der Waals surface area contributed by atoms with Crippen LogP contribution in [0.2, 0.25) is 5.02 Å². The van der Waals surface area contributed by atoms with Crippen LogP contribution in [0.25, 0.3) is 0 Å². The molecule has 0 unspecified atom stereocenters. The van der Waals surface area contributed by atoms with E-state index in [1.165, 1.54) is 36.7 Å². The summed E-state index contributed by atoms with van der Waals surface area (Å²) in [6, 6.07) is 20.2. The molecular weight excluding hydrogens is 424 g/mol. The van der Waals surface area contributed by atoms with Crippen molar-refractivity contribution in [1.29, 1.82) is 0 Å². The van der Waals surface area contributed by atoms with E-state index < -0.39 is 15.9 Å². The highest BCUT2D eigenvalue weighted by atomic mass is 35.5. The Kier molecular flexibility index (Phi) is 6.77. The first kappa shape index (κ1) is 21.8. The minimum absolute atomic E-state index is 0.0180. The maximum Gasteiger partial charge on any atom is 0.257 e. The molecule has 1 amide bonds. The minimum Gasteiger partial charge on any atom is -0.495 e. The summed E-state index contributed by atoms with van der Waals surface area (Å²) in [4.78, 5) is 12.8. The molecule has 30 heavy (non-hydrogen) atoms. The predicted molar refractivity (Wildman–Crippen MR) is 117 cm³/mol. The Morgan fingerprint density at radius 1 is 1.03 bits per heavy atom. The summed E-state index contributed by atoms with van der Waals surface area (Å²) in [7, 11) is -0.840. The van der Waals surface area contributed by atoms with E-state index in [2.05, 4.69) is 5.32 Å². The minimum atomic E-state index is -3.83. The molecule has 0 spiro atoms. The number of carbonyl (C=O) groups excluding carboxylic acids is 1. The fourth-order valence-corrected chi connectivity index (χ4v) is 4.27. The van der Waals surface area contributed by atoms with Crippen LogP contribution in [0.15, 0.2) is 77.7 Å². The lowest BCUT2D eigenvalue weighted by molar-refractivity contribution is 0.102. The van der Waals surface area contributed by atoms with Crippen LogP contribution in [0.3, 0.4) is 0 Å². The monoisotopic (exact) mass is 444 g/mol. The average molecular weight is 445 g/mol. The van der Waals surface area contributed by atoms with E-state index in [0.717, 1.165) is 5.56 Å². The molecule has 3 aromatic rings. The highest BCUT2D eigenvalue weighted by molar-refractivity contribution is 7.89. The third-order valence-corrected chi connectivity index (χ3v) is 6.62. The molecule has 0 aliphatic heterocycles. The van der Waals surface area contributed by atoms with Crippen LogP contribution < -0.4 is 10.1 Å². The number of nitrogens with zero attached hydrogens (tertiary/aromatic N) is 1. The third kappa shape index (κ3) is 4.81. The number of halogens is 1. The Labute approximate surface area is 181 Å². The van der Waals surface area contributed by atoms with Gasteiger partial charge in [-0.3, -0.25) is 4.79 Å². The molecule has 0 fully saturated rings. The molecule has 0 saturated heterocycles. The number of rotatable bonds is 7. The van der Waals surface area contributed by atoms with Gasteiger partial charge in [0.15, 0.2) is 0 Å². The van der Waals surface area contributed by atoms with Crippen LogP contribution in [-0.2, 0) is 16.6 Å². The summed E-state index contributed by atoms with van der Waals surface area (Å²) in [6.07, 6.45) is 0.